The Morgan fingerprint density at radius 1 is 1.45 bits per heavy atom. The Labute approximate surface area is 121 Å². The van der Waals surface area contributed by atoms with Crippen molar-refractivity contribution in [3.63, 3.8) is 0 Å². The lowest BCUT2D eigenvalue weighted by atomic mass is 10.1. The lowest BCUT2D eigenvalue weighted by Gasteiger charge is -2.25. The van der Waals surface area contributed by atoms with E-state index >= 15 is 0 Å². The van der Waals surface area contributed by atoms with E-state index in [-0.39, 0.29) is 11.9 Å². The summed E-state index contributed by atoms with van der Waals surface area (Å²) in [4.78, 5) is 16.6. The molecule has 0 aliphatic carbocycles. The molecule has 1 aromatic rings. The van der Waals surface area contributed by atoms with Crippen LogP contribution in [0.25, 0.3) is 0 Å². The smallest absolute Gasteiger partial charge is 0.241 e. The van der Waals surface area contributed by atoms with Gasteiger partial charge in [-0.2, -0.15) is 0 Å². The summed E-state index contributed by atoms with van der Waals surface area (Å²) < 4.78 is 0. The zero-order valence-corrected chi connectivity index (χ0v) is 12.7. The van der Waals surface area contributed by atoms with Gasteiger partial charge in [-0.05, 0) is 58.6 Å². The maximum atomic E-state index is 12.5. The van der Waals surface area contributed by atoms with Crippen LogP contribution in [0.2, 0.25) is 0 Å². The Balaban J connectivity index is 1.96. The van der Waals surface area contributed by atoms with Gasteiger partial charge in [0.25, 0.3) is 0 Å². The van der Waals surface area contributed by atoms with Gasteiger partial charge in [0.05, 0.1) is 6.54 Å². The molecule has 1 aliphatic rings. The van der Waals surface area contributed by atoms with Gasteiger partial charge in [-0.3, -0.25) is 9.69 Å². The minimum absolute atomic E-state index is 0.203. The van der Waals surface area contributed by atoms with Gasteiger partial charge in [0.2, 0.25) is 5.91 Å². The number of amides is 1. The highest BCUT2D eigenvalue weighted by Gasteiger charge is 2.30. The number of nitrogens with one attached hydrogen (secondary N) is 1. The second-order valence-electron chi connectivity index (χ2n) is 5.64. The summed E-state index contributed by atoms with van der Waals surface area (Å²) in [5.41, 5.74) is 2.37. The van der Waals surface area contributed by atoms with Crippen molar-refractivity contribution in [2.75, 3.05) is 38.6 Å². The minimum Gasteiger partial charge on any atom is -0.320 e. The normalized spacial score (nSPS) is 17.6. The molecule has 20 heavy (non-hydrogen) atoms. The zero-order chi connectivity index (χ0) is 14.5. The van der Waals surface area contributed by atoms with Crippen LogP contribution in [0, 0.1) is 0 Å². The molecule has 110 valence electrons. The molecule has 0 saturated heterocycles. The topological polar surface area (TPSA) is 35.6 Å². The lowest BCUT2D eigenvalue weighted by Crippen LogP contribution is -2.42. The molecule has 0 spiro atoms. The molecule has 1 unspecified atom stereocenters. The van der Waals surface area contributed by atoms with Crippen molar-refractivity contribution in [3.05, 3.63) is 29.8 Å². The van der Waals surface area contributed by atoms with Crippen LogP contribution in [0.1, 0.15) is 18.9 Å². The van der Waals surface area contributed by atoms with Crippen LogP contribution in [0.4, 0.5) is 5.69 Å². The van der Waals surface area contributed by atoms with Crippen molar-refractivity contribution in [3.8, 4) is 0 Å². The van der Waals surface area contributed by atoms with E-state index in [1.54, 1.807) is 0 Å². The van der Waals surface area contributed by atoms with Gasteiger partial charge in [0.1, 0.15) is 0 Å². The Hall–Kier alpha value is -1.39. The quantitative estimate of drug-likeness (QED) is 0.799. The summed E-state index contributed by atoms with van der Waals surface area (Å²) in [6.07, 6.45) is 2.03. The molecular weight excluding hydrogens is 250 g/mol. The van der Waals surface area contributed by atoms with Gasteiger partial charge in [-0.25, -0.2) is 0 Å². The first-order chi connectivity index (χ1) is 9.63. The summed E-state index contributed by atoms with van der Waals surface area (Å²) in [7, 11) is 3.97. The molecule has 1 amide bonds. The van der Waals surface area contributed by atoms with Crippen LogP contribution in [0.5, 0.6) is 0 Å². The molecule has 4 heteroatoms. The highest BCUT2D eigenvalue weighted by Crippen LogP contribution is 2.31. The number of fused-ring (bicyclic) bond motifs is 1. The zero-order valence-electron chi connectivity index (χ0n) is 12.7. The van der Waals surface area contributed by atoms with Gasteiger partial charge in [-0.15, -0.1) is 0 Å². The molecule has 0 radical (unpaired) electrons. The van der Waals surface area contributed by atoms with Crippen LogP contribution in [0.15, 0.2) is 24.3 Å². The third-order valence-electron chi connectivity index (χ3n) is 3.85. The summed E-state index contributed by atoms with van der Waals surface area (Å²) in [5, 5.41) is 3.13. The molecule has 1 heterocycles. The van der Waals surface area contributed by atoms with Crippen LogP contribution >= 0.6 is 0 Å². The molecule has 1 aromatic carbocycles. The number of rotatable bonds is 6. The first-order valence-electron chi connectivity index (χ1n) is 7.36. The highest BCUT2D eigenvalue weighted by atomic mass is 16.2. The Morgan fingerprint density at radius 2 is 2.20 bits per heavy atom. The van der Waals surface area contributed by atoms with Crippen molar-refractivity contribution in [1.82, 2.24) is 10.2 Å². The number of carbonyl (C=O) groups is 1. The minimum atomic E-state index is 0.203. The summed E-state index contributed by atoms with van der Waals surface area (Å²) in [6, 6.07) is 8.50. The Kier molecular flexibility index (Phi) is 5.15. The molecule has 1 N–H and O–H groups in total. The molecule has 4 nitrogen and oxygen atoms in total. The first kappa shape index (κ1) is 15.0. The highest BCUT2D eigenvalue weighted by molar-refractivity contribution is 5.97. The van der Waals surface area contributed by atoms with E-state index in [4.69, 9.17) is 0 Å². The molecule has 2 rings (SSSR count). The number of hydrogen-bond acceptors (Lipinski definition) is 3. The van der Waals surface area contributed by atoms with Crippen LogP contribution < -0.4 is 10.2 Å². The number of likely N-dealkylation sites (N-methyl/N-ethyl adjacent to an activating group) is 1. The number of benzene rings is 1. The monoisotopic (exact) mass is 275 g/mol. The van der Waals surface area contributed by atoms with E-state index in [1.807, 2.05) is 31.1 Å². The van der Waals surface area contributed by atoms with Crippen LogP contribution in [0.3, 0.4) is 0 Å². The SMILES string of the molecule is CNCCCN(C)CC(=O)N1c2ccccc2CC1C. The maximum absolute atomic E-state index is 12.5. The summed E-state index contributed by atoms with van der Waals surface area (Å²) in [6.45, 7) is 4.54. The molecule has 0 aromatic heterocycles. The van der Waals surface area contributed by atoms with Gasteiger partial charge in [0.15, 0.2) is 0 Å². The third kappa shape index (κ3) is 3.38. The van der Waals surface area contributed by atoms with Crippen LogP contribution in [-0.2, 0) is 11.2 Å². The lowest BCUT2D eigenvalue weighted by molar-refractivity contribution is -0.119. The van der Waals surface area contributed by atoms with Crippen molar-refractivity contribution in [2.45, 2.75) is 25.8 Å². The number of hydrogen-bond donors (Lipinski definition) is 1. The van der Waals surface area contributed by atoms with Gasteiger partial charge < -0.3 is 10.2 Å². The average molecular weight is 275 g/mol. The number of anilines is 1. The predicted molar refractivity (Wildman–Crippen MR) is 83.1 cm³/mol. The summed E-state index contributed by atoms with van der Waals surface area (Å²) >= 11 is 0. The Morgan fingerprint density at radius 3 is 2.95 bits per heavy atom. The maximum Gasteiger partial charge on any atom is 0.241 e. The number of carbonyl (C=O) groups excluding carboxylic acids is 1. The predicted octanol–water partition coefficient (Wildman–Crippen LogP) is 1.51. The molecule has 0 bridgehead atoms. The van der Waals surface area contributed by atoms with E-state index in [9.17, 15) is 4.79 Å². The van der Waals surface area contributed by atoms with Gasteiger partial charge in [0, 0.05) is 11.7 Å². The summed E-state index contributed by atoms with van der Waals surface area (Å²) in [5.74, 6) is 0.203. The van der Waals surface area contributed by atoms with E-state index in [2.05, 4.69) is 29.3 Å². The van der Waals surface area contributed by atoms with Gasteiger partial charge >= 0.3 is 0 Å². The third-order valence-corrected chi connectivity index (χ3v) is 3.85. The second-order valence-corrected chi connectivity index (χ2v) is 5.64. The molecule has 0 saturated carbocycles. The fourth-order valence-corrected chi connectivity index (χ4v) is 2.86. The van der Waals surface area contributed by atoms with E-state index in [0.717, 1.165) is 31.6 Å². The standard InChI is InChI=1S/C16H25N3O/c1-13-11-14-7-4-5-8-15(14)19(13)16(20)12-18(3)10-6-9-17-2/h4-5,7-8,13,17H,6,9-12H2,1-3H3. The van der Waals surface area contributed by atoms with E-state index < -0.39 is 0 Å². The first-order valence-corrected chi connectivity index (χ1v) is 7.36. The van der Waals surface area contributed by atoms with Crippen molar-refractivity contribution >= 4 is 11.6 Å². The largest absolute Gasteiger partial charge is 0.320 e. The molecule has 1 atom stereocenters. The molecule has 0 fully saturated rings. The van der Waals surface area contributed by atoms with Crippen LogP contribution in [-0.4, -0.2) is 50.6 Å². The Bertz CT molecular complexity index is 461. The second kappa shape index (κ2) is 6.86. The fourth-order valence-electron chi connectivity index (χ4n) is 2.86. The molecule has 1 aliphatic heterocycles. The van der Waals surface area contributed by atoms with Crippen molar-refractivity contribution < 1.29 is 4.79 Å². The number of para-hydroxylation sites is 1. The average Bonchev–Trinajstić information content (AvgIpc) is 2.74. The van der Waals surface area contributed by atoms with Crippen molar-refractivity contribution in [2.24, 2.45) is 0 Å². The fraction of sp³-hybridized carbons (Fsp3) is 0.562. The van der Waals surface area contributed by atoms with Gasteiger partial charge in [-0.1, -0.05) is 18.2 Å². The molecular formula is C16H25N3O. The van der Waals surface area contributed by atoms with E-state index in [1.165, 1.54) is 5.56 Å². The van der Waals surface area contributed by atoms with E-state index in [0.29, 0.717) is 6.54 Å². The van der Waals surface area contributed by atoms with Crippen molar-refractivity contribution in [1.29, 1.82) is 0 Å². The number of nitrogens with zero attached hydrogens (tertiary/aromatic N) is 2.